The fourth-order valence-electron chi connectivity index (χ4n) is 2.47. The number of ether oxygens (including phenoxy) is 1. The van der Waals surface area contributed by atoms with Gasteiger partial charge in [0, 0.05) is 10.9 Å². The highest BCUT2D eigenvalue weighted by Gasteiger charge is 2.51. The van der Waals surface area contributed by atoms with Crippen LogP contribution in [0.4, 0.5) is 0 Å². The third-order valence-electron chi connectivity index (χ3n) is 4.67. The summed E-state index contributed by atoms with van der Waals surface area (Å²) in [6.45, 7) is 10.3. The van der Waals surface area contributed by atoms with Crippen LogP contribution in [0.3, 0.4) is 0 Å². The number of nitrogens with zero attached hydrogens (tertiary/aromatic N) is 1. The van der Waals surface area contributed by atoms with Crippen molar-refractivity contribution < 1.29 is 18.8 Å². The van der Waals surface area contributed by atoms with Crippen molar-refractivity contribution in [2.45, 2.75) is 45.8 Å². The molecule has 0 radical (unpaired) electrons. The lowest BCUT2D eigenvalue weighted by Gasteiger charge is -2.32. The predicted molar refractivity (Wildman–Crippen MR) is 99.2 cm³/mol. The number of benzene rings is 1. The summed E-state index contributed by atoms with van der Waals surface area (Å²) in [6, 6.07) is 7.88. The second-order valence-corrected chi connectivity index (χ2v) is 7.83. The molecule has 1 aliphatic rings. The molecule has 3 rings (SSSR count). The first-order valence-corrected chi connectivity index (χ1v) is 9.20. The first kappa shape index (κ1) is 18.1. The SMILES string of the molecule is CCOC(=O)c1csc(-c2ccc(B3OC(C)(C)C(C)(C)O3)cc2)n1. The first-order chi connectivity index (χ1) is 11.7. The van der Waals surface area contributed by atoms with E-state index in [-0.39, 0.29) is 24.3 Å². The van der Waals surface area contributed by atoms with E-state index in [1.54, 1.807) is 12.3 Å². The van der Waals surface area contributed by atoms with Gasteiger partial charge in [0.15, 0.2) is 5.69 Å². The molecule has 1 saturated heterocycles. The zero-order valence-electron chi connectivity index (χ0n) is 15.2. The maximum Gasteiger partial charge on any atom is 0.494 e. The Hall–Kier alpha value is -1.70. The number of carbonyl (C=O) groups is 1. The molecule has 1 aromatic carbocycles. The van der Waals surface area contributed by atoms with Crippen molar-refractivity contribution in [1.82, 2.24) is 4.98 Å². The summed E-state index contributed by atoms with van der Waals surface area (Å²) in [4.78, 5) is 16.1. The second-order valence-electron chi connectivity index (χ2n) is 6.97. The average molecular weight is 359 g/mol. The first-order valence-electron chi connectivity index (χ1n) is 8.32. The predicted octanol–water partition coefficient (Wildman–Crippen LogP) is 3.29. The fourth-order valence-corrected chi connectivity index (χ4v) is 3.26. The summed E-state index contributed by atoms with van der Waals surface area (Å²) < 4.78 is 17.1. The minimum Gasteiger partial charge on any atom is -0.461 e. The highest BCUT2D eigenvalue weighted by molar-refractivity contribution is 7.13. The van der Waals surface area contributed by atoms with Crippen LogP contribution in [-0.4, -0.2) is 35.9 Å². The maximum absolute atomic E-state index is 11.7. The summed E-state index contributed by atoms with van der Waals surface area (Å²) in [5, 5.41) is 2.50. The van der Waals surface area contributed by atoms with Crippen LogP contribution in [-0.2, 0) is 14.0 Å². The molecule has 0 amide bonds. The van der Waals surface area contributed by atoms with Crippen LogP contribution in [0, 0.1) is 0 Å². The molecule has 0 bridgehead atoms. The number of aromatic nitrogens is 1. The van der Waals surface area contributed by atoms with Crippen LogP contribution >= 0.6 is 11.3 Å². The molecule has 1 aromatic heterocycles. The molecule has 0 atom stereocenters. The van der Waals surface area contributed by atoms with Gasteiger partial charge in [-0.05, 0) is 40.1 Å². The van der Waals surface area contributed by atoms with E-state index in [1.165, 1.54) is 11.3 Å². The summed E-state index contributed by atoms with van der Waals surface area (Å²) in [7, 11) is -0.384. The van der Waals surface area contributed by atoms with Crippen LogP contribution in [0.5, 0.6) is 0 Å². The van der Waals surface area contributed by atoms with Gasteiger partial charge in [-0.3, -0.25) is 0 Å². The van der Waals surface area contributed by atoms with Gasteiger partial charge in [-0.15, -0.1) is 11.3 Å². The number of rotatable bonds is 4. The van der Waals surface area contributed by atoms with Gasteiger partial charge in [-0.25, -0.2) is 9.78 Å². The smallest absolute Gasteiger partial charge is 0.461 e. The van der Waals surface area contributed by atoms with Gasteiger partial charge in [0.25, 0.3) is 0 Å². The monoisotopic (exact) mass is 359 g/mol. The molecule has 0 saturated carbocycles. The summed E-state index contributed by atoms with van der Waals surface area (Å²) in [6.07, 6.45) is 0. The Morgan fingerprint density at radius 1 is 1.16 bits per heavy atom. The molecular formula is C18H22BNO4S. The molecule has 2 heterocycles. The topological polar surface area (TPSA) is 57.7 Å². The number of hydrogen-bond acceptors (Lipinski definition) is 6. The molecular weight excluding hydrogens is 337 g/mol. The van der Waals surface area contributed by atoms with E-state index in [0.29, 0.717) is 12.3 Å². The lowest BCUT2D eigenvalue weighted by Crippen LogP contribution is -2.41. The largest absolute Gasteiger partial charge is 0.494 e. The normalized spacial score (nSPS) is 18.4. The molecule has 1 fully saturated rings. The van der Waals surface area contributed by atoms with Crippen molar-refractivity contribution >= 4 is 29.9 Å². The number of hydrogen-bond donors (Lipinski definition) is 0. The quantitative estimate of drug-likeness (QED) is 0.619. The van der Waals surface area contributed by atoms with Crippen LogP contribution in [0.1, 0.15) is 45.1 Å². The Morgan fingerprint density at radius 2 is 1.76 bits per heavy atom. The van der Waals surface area contributed by atoms with Crippen molar-refractivity contribution in [2.75, 3.05) is 6.61 Å². The summed E-state index contributed by atoms with van der Waals surface area (Å²) in [5.41, 5.74) is 1.53. The van der Waals surface area contributed by atoms with Crippen molar-refractivity contribution in [1.29, 1.82) is 0 Å². The van der Waals surface area contributed by atoms with E-state index in [0.717, 1.165) is 16.0 Å². The van der Waals surface area contributed by atoms with Crippen molar-refractivity contribution in [3.8, 4) is 10.6 Å². The minimum atomic E-state index is -0.390. The summed E-state index contributed by atoms with van der Waals surface area (Å²) in [5.74, 6) is -0.390. The maximum atomic E-state index is 11.7. The molecule has 25 heavy (non-hydrogen) atoms. The highest BCUT2D eigenvalue weighted by atomic mass is 32.1. The van der Waals surface area contributed by atoms with E-state index in [9.17, 15) is 4.79 Å². The van der Waals surface area contributed by atoms with Crippen molar-refractivity contribution in [2.24, 2.45) is 0 Å². The Labute approximate surface area is 152 Å². The van der Waals surface area contributed by atoms with E-state index >= 15 is 0 Å². The molecule has 0 spiro atoms. The van der Waals surface area contributed by atoms with E-state index in [4.69, 9.17) is 14.0 Å². The Kier molecular flexibility index (Phi) is 4.75. The number of esters is 1. The molecule has 0 aliphatic carbocycles. The zero-order valence-corrected chi connectivity index (χ0v) is 16.0. The molecule has 7 heteroatoms. The fraction of sp³-hybridized carbons (Fsp3) is 0.444. The summed E-state index contributed by atoms with van der Waals surface area (Å²) >= 11 is 1.42. The van der Waals surface area contributed by atoms with Gasteiger partial charge < -0.3 is 14.0 Å². The van der Waals surface area contributed by atoms with E-state index in [1.807, 2.05) is 52.0 Å². The van der Waals surface area contributed by atoms with Crippen LogP contribution in [0.15, 0.2) is 29.6 Å². The van der Waals surface area contributed by atoms with Crippen molar-refractivity contribution in [3.05, 3.63) is 35.3 Å². The lowest BCUT2D eigenvalue weighted by atomic mass is 9.79. The second kappa shape index (κ2) is 6.55. The third-order valence-corrected chi connectivity index (χ3v) is 5.56. The zero-order chi connectivity index (χ0) is 18.2. The standard InChI is InChI=1S/C18H22BNO4S/c1-6-22-16(21)14-11-25-15(20-14)12-7-9-13(10-8-12)19-23-17(2,3)18(4,5)24-19/h7-11H,6H2,1-5H3. The highest BCUT2D eigenvalue weighted by Crippen LogP contribution is 2.36. The molecule has 1 aliphatic heterocycles. The lowest BCUT2D eigenvalue weighted by molar-refractivity contribution is 0.00578. The minimum absolute atomic E-state index is 0.342. The van der Waals surface area contributed by atoms with Crippen molar-refractivity contribution in [3.63, 3.8) is 0 Å². The van der Waals surface area contributed by atoms with Gasteiger partial charge in [-0.2, -0.15) is 0 Å². The molecule has 5 nitrogen and oxygen atoms in total. The van der Waals surface area contributed by atoms with Crippen LogP contribution in [0.25, 0.3) is 10.6 Å². The van der Waals surface area contributed by atoms with Crippen LogP contribution in [0.2, 0.25) is 0 Å². The Morgan fingerprint density at radius 3 is 2.32 bits per heavy atom. The van der Waals surface area contributed by atoms with Crippen LogP contribution < -0.4 is 5.46 Å². The van der Waals surface area contributed by atoms with Gasteiger partial charge in [0.05, 0.1) is 17.8 Å². The van der Waals surface area contributed by atoms with E-state index in [2.05, 4.69) is 4.98 Å². The molecule has 0 unspecified atom stereocenters. The Bertz CT molecular complexity index is 754. The van der Waals surface area contributed by atoms with Gasteiger partial charge in [0.1, 0.15) is 5.01 Å². The molecule has 132 valence electrons. The van der Waals surface area contributed by atoms with Gasteiger partial charge in [0.2, 0.25) is 0 Å². The number of thiazole rings is 1. The Balaban J connectivity index is 1.76. The van der Waals surface area contributed by atoms with E-state index < -0.39 is 0 Å². The third kappa shape index (κ3) is 3.49. The number of carbonyl (C=O) groups excluding carboxylic acids is 1. The average Bonchev–Trinajstić information content (AvgIpc) is 3.11. The molecule has 2 aromatic rings. The van der Waals surface area contributed by atoms with Gasteiger partial charge >= 0.3 is 13.1 Å². The molecule has 0 N–H and O–H groups in total. The van der Waals surface area contributed by atoms with Gasteiger partial charge in [-0.1, -0.05) is 24.3 Å².